The maximum absolute atomic E-state index is 13.4. The fourth-order valence-electron chi connectivity index (χ4n) is 3.84. The zero-order valence-electron chi connectivity index (χ0n) is 18.7. The van der Waals surface area contributed by atoms with E-state index in [9.17, 15) is 18.8 Å². The quantitative estimate of drug-likeness (QED) is 0.230. The number of aromatic amines is 1. The van der Waals surface area contributed by atoms with Gasteiger partial charge in [-0.2, -0.15) is 5.10 Å². The zero-order valence-corrected chi connectivity index (χ0v) is 19.4. The molecule has 0 aliphatic heterocycles. The monoisotopic (exact) mass is 503 g/mol. The lowest BCUT2D eigenvalue weighted by Crippen LogP contribution is -2.37. The van der Waals surface area contributed by atoms with Crippen molar-refractivity contribution in [3.8, 4) is 0 Å². The first-order valence-electron chi connectivity index (χ1n) is 11.0. The van der Waals surface area contributed by atoms with Gasteiger partial charge in [0, 0.05) is 28.2 Å². The summed E-state index contributed by atoms with van der Waals surface area (Å²) in [4.78, 5) is 37.0. The predicted molar refractivity (Wildman–Crippen MR) is 139 cm³/mol. The van der Waals surface area contributed by atoms with E-state index in [1.54, 1.807) is 54.6 Å². The van der Waals surface area contributed by atoms with Crippen molar-refractivity contribution in [2.24, 2.45) is 0 Å². The number of benzene rings is 3. The Morgan fingerprint density at radius 1 is 0.972 bits per heavy atom. The summed E-state index contributed by atoms with van der Waals surface area (Å²) in [5.74, 6) is -0.407. The van der Waals surface area contributed by atoms with Crippen molar-refractivity contribution in [1.82, 2.24) is 10.2 Å². The summed E-state index contributed by atoms with van der Waals surface area (Å²) < 4.78 is 13.4. The van der Waals surface area contributed by atoms with Crippen LogP contribution in [0.1, 0.15) is 15.9 Å². The number of nitrogens with one attached hydrogen (secondary N) is 4. The molecule has 0 radical (unpaired) electrons. The zero-order chi connectivity index (χ0) is 25.2. The van der Waals surface area contributed by atoms with Gasteiger partial charge in [-0.3, -0.25) is 19.5 Å². The van der Waals surface area contributed by atoms with Crippen LogP contribution >= 0.6 is 11.6 Å². The van der Waals surface area contributed by atoms with Crippen LogP contribution in [0.5, 0.6) is 0 Å². The van der Waals surface area contributed by atoms with Crippen molar-refractivity contribution < 1.29 is 9.18 Å². The van der Waals surface area contributed by atoms with E-state index in [0.717, 1.165) is 5.56 Å². The van der Waals surface area contributed by atoms with E-state index < -0.39 is 10.9 Å². The average Bonchev–Trinajstić information content (AvgIpc) is 3.27. The number of nitrogens with zero attached hydrogens (tertiary/aromatic N) is 1. The van der Waals surface area contributed by atoms with E-state index in [4.69, 9.17) is 11.6 Å². The van der Waals surface area contributed by atoms with Crippen molar-refractivity contribution in [2.45, 2.75) is 6.42 Å². The summed E-state index contributed by atoms with van der Waals surface area (Å²) in [6.45, 7) is 0.351. The van der Waals surface area contributed by atoms with Gasteiger partial charge >= 0.3 is 0 Å². The van der Waals surface area contributed by atoms with E-state index >= 15 is 0 Å². The molecular formula is C26H19ClFN5O3. The van der Waals surface area contributed by atoms with Crippen molar-refractivity contribution in [2.75, 3.05) is 22.5 Å². The molecule has 0 bridgehead atoms. The Balaban J connectivity index is 1.31. The number of amides is 1. The van der Waals surface area contributed by atoms with Gasteiger partial charge in [-0.05, 0) is 60.5 Å². The van der Waals surface area contributed by atoms with Gasteiger partial charge in [0.15, 0.2) is 5.82 Å². The molecule has 5 rings (SSSR count). The molecule has 1 amide bonds. The molecule has 10 heteroatoms. The molecule has 1 heterocycles. The molecule has 4 N–H and O–H groups in total. The van der Waals surface area contributed by atoms with E-state index in [0.29, 0.717) is 46.0 Å². The average molecular weight is 504 g/mol. The SMILES string of the molecule is O=C(Nc1n[nH]c2ccc(Nc3c(NCCc4cccc(F)c4)c(=O)c3=O)cc12)c1cccc(Cl)c1. The number of hydrogen-bond donors (Lipinski definition) is 4. The highest BCUT2D eigenvalue weighted by molar-refractivity contribution is 6.31. The molecular weight excluding hydrogens is 485 g/mol. The Morgan fingerprint density at radius 2 is 1.78 bits per heavy atom. The van der Waals surface area contributed by atoms with Crippen molar-refractivity contribution in [3.63, 3.8) is 0 Å². The molecule has 5 aromatic rings. The van der Waals surface area contributed by atoms with E-state index in [1.807, 2.05) is 0 Å². The van der Waals surface area contributed by atoms with E-state index in [-0.39, 0.29) is 23.1 Å². The highest BCUT2D eigenvalue weighted by atomic mass is 35.5. The lowest BCUT2D eigenvalue weighted by atomic mass is 10.1. The van der Waals surface area contributed by atoms with Crippen LogP contribution in [0.15, 0.2) is 76.3 Å². The van der Waals surface area contributed by atoms with Gasteiger partial charge in [-0.25, -0.2) is 4.39 Å². The Labute approximate surface area is 208 Å². The van der Waals surface area contributed by atoms with E-state index in [1.165, 1.54) is 12.1 Å². The normalized spacial score (nSPS) is 11.1. The number of aromatic nitrogens is 2. The molecule has 8 nitrogen and oxygen atoms in total. The molecule has 0 fully saturated rings. The van der Waals surface area contributed by atoms with Gasteiger partial charge in [-0.1, -0.05) is 29.8 Å². The third kappa shape index (κ3) is 4.69. The molecule has 0 aliphatic carbocycles. The summed E-state index contributed by atoms with van der Waals surface area (Å²) >= 11 is 5.97. The van der Waals surface area contributed by atoms with Crippen LogP contribution < -0.4 is 26.8 Å². The summed E-state index contributed by atoms with van der Waals surface area (Å²) in [6.07, 6.45) is 0.479. The maximum atomic E-state index is 13.4. The number of carbonyl (C=O) groups excluding carboxylic acids is 1. The van der Waals surface area contributed by atoms with Gasteiger partial charge in [0.2, 0.25) is 0 Å². The van der Waals surface area contributed by atoms with Gasteiger partial charge in [0.05, 0.1) is 5.52 Å². The third-order valence-electron chi connectivity index (χ3n) is 5.67. The van der Waals surface area contributed by atoms with Crippen LogP contribution in [0.25, 0.3) is 10.9 Å². The van der Waals surface area contributed by atoms with Gasteiger partial charge < -0.3 is 16.0 Å². The minimum absolute atomic E-state index is 0.145. The Bertz CT molecular complexity index is 1670. The second-order valence-electron chi connectivity index (χ2n) is 8.14. The van der Waals surface area contributed by atoms with Crippen LogP contribution in [0, 0.1) is 5.82 Å². The minimum atomic E-state index is -0.634. The summed E-state index contributed by atoms with van der Waals surface area (Å²) in [6, 6.07) is 17.9. The number of halogens is 2. The van der Waals surface area contributed by atoms with Crippen molar-refractivity contribution in [1.29, 1.82) is 0 Å². The number of carbonyl (C=O) groups is 1. The first-order chi connectivity index (χ1) is 17.4. The molecule has 0 aliphatic rings. The number of anilines is 4. The van der Waals surface area contributed by atoms with Crippen LogP contribution in [0.3, 0.4) is 0 Å². The van der Waals surface area contributed by atoms with Gasteiger partial charge in [0.25, 0.3) is 16.8 Å². The Kier molecular flexibility index (Phi) is 6.22. The summed E-state index contributed by atoms with van der Waals surface area (Å²) in [5.41, 5.74) is 1.42. The largest absolute Gasteiger partial charge is 0.380 e. The number of rotatable bonds is 8. The van der Waals surface area contributed by atoms with Crippen molar-refractivity contribution >= 4 is 51.3 Å². The number of H-pyrrole nitrogens is 1. The van der Waals surface area contributed by atoms with Crippen LogP contribution in [0.2, 0.25) is 5.02 Å². The van der Waals surface area contributed by atoms with E-state index in [2.05, 4.69) is 26.1 Å². The first kappa shape index (κ1) is 23.3. The van der Waals surface area contributed by atoms with Crippen molar-refractivity contribution in [3.05, 3.63) is 109 Å². The standard InChI is InChI=1S/C26H19ClFN5O3/c27-16-5-2-4-15(12-16)26(36)31-25-19-13-18(7-8-20(19)32-33-25)30-22-21(23(34)24(22)35)29-10-9-14-3-1-6-17(28)11-14/h1-8,11-13,29-30H,9-10H2,(H2,31,32,33,36). The Morgan fingerprint density at radius 3 is 2.58 bits per heavy atom. The van der Waals surface area contributed by atoms with Crippen LogP contribution in [-0.2, 0) is 6.42 Å². The van der Waals surface area contributed by atoms with Crippen LogP contribution in [0.4, 0.5) is 27.3 Å². The number of hydrogen-bond acceptors (Lipinski definition) is 6. The maximum Gasteiger partial charge on any atom is 0.256 e. The lowest BCUT2D eigenvalue weighted by molar-refractivity contribution is 0.102. The lowest BCUT2D eigenvalue weighted by Gasteiger charge is -2.15. The molecule has 0 atom stereocenters. The Hall–Kier alpha value is -4.50. The first-order valence-corrected chi connectivity index (χ1v) is 11.4. The number of fused-ring (bicyclic) bond motifs is 1. The molecule has 1 aromatic heterocycles. The van der Waals surface area contributed by atoms with Gasteiger partial charge in [-0.15, -0.1) is 0 Å². The molecule has 0 saturated heterocycles. The molecule has 180 valence electrons. The molecule has 4 aromatic carbocycles. The second-order valence-corrected chi connectivity index (χ2v) is 8.57. The molecule has 0 unspecified atom stereocenters. The highest BCUT2D eigenvalue weighted by Gasteiger charge is 2.21. The molecule has 0 spiro atoms. The summed E-state index contributed by atoms with van der Waals surface area (Å²) in [5, 5.41) is 16.8. The smallest absolute Gasteiger partial charge is 0.256 e. The van der Waals surface area contributed by atoms with Gasteiger partial charge in [0.1, 0.15) is 17.2 Å². The summed E-state index contributed by atoms with van der Waals surface area (Å²) in [7, 11) is 0. The molecule has 0 saturated carbocycles. The molecule has 36 heavy (non-hydrogen) atoms. The third-order valence-corrected chi connectivity index (χ3v) is 5.90. The second kappa shape index (κ2) is 9.63. The highest BCUT2D eigenvalue weighted by Crippen LogP contribution is 2.28. The topological polar surface area (TPSA) is 116 Å². The fraction of sp³-hybridized carbons (Fsp3) is 0.0769. The fourth-order valence-corrected chi connectivity index (χ4v) is 4.03. The van der Waals surface area contributed by atoms with Crippen LogP contribution in [-0.4, -0.2) is 22.6 Å². The predicted octanol–water partition coefficient (Wildman–Crippen LogP) is 4.60. The minimum Gasteiger partial charge on any atom is -0.380 e.